The van der Waals surface area contributed by atoms with Crippen molar-refractivity contribution in [2.24, 2.45) is 0 Å². The van der Waals surface area contributed by atoms with Gasteiger partial charge in [0.15, 0.2) is 11.5 Å². The summed E-state index contributed by atoms with van der Waals surface area (Å²) in [5.41, 5.74) is 0.887. The zero-order chi connectivity index (χ0) is 15.2. The van der Waals surface area contributed by atoms with Crippen molar-refractivity contribution in [3.05, 3.63) is 30.2 Å². The lowest BCUT2D eigenvalue weighted by atomic mass is 10.2. The molecule has 0 aliphatic carbocycles. The number of hydrogen-bond donors (Lipinski definition) is 2. The highest BCUT2D eigenvalue weighted by molar-refractivity contribution is 5.95. The summed E-state index contributed by atoms with van der Waals surface area (Å²) in [5, 5.41) is 9.27. The summed E-state index contributed by atoms with van der Waals surface area (Å²) in [6.45, 7) is 2.46. The summed E-state index contributed by atoms with van der Waals surface area (Å²) < 4.78 is 5.24. The third-order valence-electron chi connectivity index (χ3n) is 2.98. The Hall–Kier alpha value is -2.57. The monoisotopic (exact) mass is 290 g/mol. The van der Waals surface area contributed by atoms with Crippen LogP contribution in [0.5, 0.6) is 0 Å². The summed E-state index contributed by atoms with van der Waals surface area (Å²) in [6.07, 6.45) is 2.31. The van der Waals surface area contributed by atoms with Crippen LogP contribution in [0.25, 0.3) is 11.5 Å². The molecular weight excluding hydrogens is 272 g/mol. The summed E-state index contributed by atoms with van der Waals surface area (Å²) in [7, 11) is 1.54. The van der Waals surface area contributed by atoms with Gasteiger partial charge in [-0.3, -0.25) is 14.7 Å². The minimum Gasteiger partial charge on any atom is -0.463 e. The van der Waals surface area contributed by atoms with Gasteiger partial charge in [-0.25, -0.2) is 0 Å². The first-order valence-corrected chi connectivity index (χ1v) is 6.74. The number of aromatic nitrogens is 2. The van der Waals surface area contributed by atoms with Crippen LogP contribution in [-0.4, -0.2) is 47.0 Å². The fourth-order valence-electron chi connectivity index (χ4n) is 1.93. The number of furan rings is 1. The molecule has 0 radical (unpaired) electrons. The van der Waals surface area contributed by atoms with E-state index in [1.807, 2.05) is 6.92 Å². The van der Waals surface area contributed by atoms with Gasteiger partial charge in [0, 0.05) is 19.7 Å². The van der Waals surface area contributed by atoms with Gasteiger partial charge in [0.1, 0.15) is 5.69 Å². The first-order valence-electron chi connectivity index (χ1n) is 6.74. The van der Waals surface area contributed by atoms with Crippen molar-refractivity contribution in [3.8, 4) is 11.5 Å². The van der Waals surface area contributed by atoms with Crippen molar-refractivity contribution in [2.45, 2.75) is 13.3 Å². The van der Waals surface area contributed by atoms with Gasteiger partial charge in [0.05, 0.1) is 12.8 Å². The lowest BCUT2D eigenvalue weighted by Crippen LogP contribution is -2.40. The van der Waals surface area contributed by atoms with E-state index in [9.17, 15) is 9.59 Å². The molecule has 0 bridgehead atoms. The molecule has 112 valence electrons. The van der Waals surface area contributed by atoms with Gasteiger partial charge in [0.2, 0.25) is 5.91 Å². The maximum Gasteiger partial charge on any atom is 0.274 e. The van der Waals surface area contributed by atoms with Gasteiger partial charge in [-0.1, -0.05) is 6.92 Å². The van der Waals surface area contributed by atoms with E-state index in [-0.39, 0.29) is 24.1 Å². The fourth-order valence-corrected chi connectivity index (χ4v) is 1.93. The summed E-state index contributed by atoms with van der Waals surface area (Å²) in [6, 6.07) is 5.15. The molecule has 2 N–H and O–H groups in total. The largest absolute Gasteiger partial charge is 0.463 e. The van der Waals surface area contributed by atoms with Crippen LogP contribution >= 0.6 is 0 Å². The van der Waals surface area contributed by atoms with E-state index in [1.54, 1.807) is 31.5 Å². The molecule has 2 heterocycles. The highest BCUT2D eigenvalue weighted by Crippen LogP contribution is 2.18. The van der Waals surface area contributed by atoms with Gasteiger partial charge in [-0.05, 0) is 18.6 Å². The first kappa shape index (κ1) is 14.8. The molecule has 0 aliphatic heterocycles. The van der Waals surface area contributed by atoms with Crippen LogP contribution in [0, 0.1) is 0 Å². The molecular formula is C14H18N4O3. The third kappa shape index (κ3) is 3.50. The lowest BCUT2D eigenvalue weighted by molar-refractivity contribution is -0.121. The molecule has 7 heteroatoms. The number of nitrogens with zero attached hydrogens (tertiary/aromatic N) is 2. The average molecular weight is 290 g/mol. The standard InChI is InChI=1S/C14H18N4O3/c1-3-6-18(9-13(19)15-2)14(20)11-8-10(16-17-11)12-5-4-7-21-12/h4-5,7-8H,3,6,9H2,1-2H3,(H,15,19)(H,16,17). The van der Waals surface area contributed by atoms with Crippen LogP contribution < -0.4 is 5.32 Å². The van der Waals surface area contributed by atoms with Crippen LogP contribution in [0.2, 0.25) is 0 Å². The van der Waals surface area contributed by atoms with E-state index in [0.717, 1.165) is 6.42 Å². The molecule has 0 unspecified atom stereocenters. The van der Waals surface area contributed by atoms with E-state index in [1.165, 1.54) is 4.90 Å². The predicted octanol–water partition coefficient (Wildman–Crippen LogP) is 1.27. The van der Waals surface area contributed by atoms with Crippen molar-refractivity contribution in [1.29, 1.82) is 0 Å². The fraction of sp³-hybridized carbons (Fsp3) is 0.357. The molecule has 0 aliphatic rings. The van der Waals surface area contributed by atoms with Crippen LogP contribution in [0.15, 0.2) is 28.9 Å². The minimum atomic E-state index is -0.283. The highest BCUT2D eigenvalue weighted by atomic mass is 16.3. The molecule has 21 heavy (non-hydrogen) atoms. The Morgan fingerprint density at radius 2 is 2.29 bits per heavy atom. The molecule has 0 fully saturated rings. The Morgan fingerprint density at radius 3 is 2.90 bits per heavy atom. The molecule has 0 atom stereocenters. The number of amides is 2. The van der Waals surface area contributed by atoms with Gasteiger partial charge in [-0.15, -0.1) is 0 Å². The quantitative estimate of drug-likeness (QED) is 0.838. The molecule has 2 rings (SSSR count). The average Bonchev–Trinajstić information content (AvgIpc) is 3.16. The maximum absolute atomic E-state index is 12.4. The number of H-pyrrole nitrogens is 1. The number of rotatable bonds is 6. The van der Waals surface area contributed by atoms with Gasteiger partial charge >= 0.3 is 0 Å². The van der Waals surface area contributed by atoms with Crippen molar-refractivity contribution < 1.29 is 14.0 Å². The predicted molar refractivity (Wildman–Crippen MR) is 76.6 cm³/mol. The molecule has 0 saturated heterocycles. The Labute approximate surface area is 122 Å². The number of hydrogen-bond acceptors (Lipinski definition) is 4. The number of nitrogens with one attached hydrogen (secondary N) is 2. The summed E-state index contributed by atoms with van der Waals surface area (Å²) >= 11 is 0. The lowest BCUT2D eigenvalue weighted by Gasteiger charge is -2.19. The SMILES string of the molecule is CCCN(CC(=O)NC)C(=O)c1cc(-c2ccco2)[nH]n1. The van der Waals surface area contributed by atoms with Crippen LogP contribution in [-0.2, 0) is 4.79 Å². The third-order valence-corrected chi connectivity index (χ3v) is 2.98. The highest BCUT2D eigenvalue weighted by Gasteiger charge is 2.20. The normalized spacial score (nSPS) is 10.4. The Morgan fingerprint density at radius 1 is 1.48 bits per heavy atom. The van der Waals surface area contributed by atoms with Gasteiger partial charge in [-0.2, -0.15) is 5.10 Å². The molecule has 0 spiro atoms. The first-order chi connectivity index (χ1) is 10.2. The Bertz CT molecular complexity index is 604. The van der Waals surface area contributed by atoms with Crippen LogP contribution in [0.1, 0.15) is 23.8 Å². The van der Waals surface area contributed by atoms with Crippen molar-refractivity contribution in [2.75, 3.05) is 20.1 Å². The van der Waals surface area contributed by atoms with E-state index in [2.05, 4.69) is 15.5 Å². The molecule has 2 aromatic rings. The van der Waals surface area contributed by atoms with E-state index in [4.69, 9.17) is 4.42 Å². The maximum atomic E-state index is 12.4. The number of aromatic amines is 1. The second-order valence-corrected chi connectivity index (χ2v) is 4.54. The van der Waals surface area contributed by atoms with Crippen LogP contribution in [0.3, 0.4) is 0 Å². The second-order valence-electron chi connectivity index (χ2n) is 4.54. The van der Waals surface area contributed by atoms with E-state index in [0.29, 0.717) is 18.0 Å². The van der Waals surface area contributed by atoms with Crippen molar-refractivity contribution in [1.82, 2.24) is 20.4 Å². The molecule has 2 aromatic heterocycles. The second kappa shape index (κ2) is 6.74. The van der Waals surface area contributed by atoms with Crippen molar-refractivity contribution >= 4 is 11.8 Å². The van der Waals surface area contributed by atoms with Crippen molar-refractivity contribution in [3.63, 3.8) is 0 Å². The van der Waals surface area contributed by atoms with E-state index >= 15 is 0 Å². The Kier molecular flexibility index (Phi) is 4.76. The Balaban J connectivity index is 2.15. The number of likely N-dealkylation sites (N-methyl/N-ethyl adjacent to an activating group) is 1. The van der Waals surface area contributed by atoms with E-state index < -0.39 is 0 Å². The number of carbonyl (C=O) groups is 2. The zero-order valence-electron chi connectivity index (χ0n) is 12.0. The summed E-state index contributed by atoms with van der Waals surface area (Å²) in [5.74, 6) is 0.114. The van der Waals surface area contributed by atoms with Gasteiger partial charge < -0.3 is 14.6 Å². The molecule has 0 saturated carbocycles. The summed E-state index contributed by atoms with van der Waals surface area (Å²) in [4.78, 5) is 25.4. The zero-order valence-corrected chi connectivity index (χ0v) is 12.0. The smallest absolute Gasteiger partial charge is 0.274 e. The number of carbonyl (C=O) groups excluding carboxylic acids is 2. The topological polar surface area (TPSA) is 91.2 Å². The molecule has 7 nitrogen and oxygen atoms in total. The van der Waals surface area contributed by atoms with Gasteiger partial charge in [0.25, 0.3) is 5.91 Å². The van der Waals surface area contributed by atoms with Crippen LogP contribution in [0.4, 0.5) is 0 Å². The minimum absolute atomic E-state index is 0.0200. The molecule has 0 aromatic carbocycles. The molecule has 2 amide bonds.